The van der Waals surface area contributed by atoms with E-state index in [1.165, 1.54) is 4.88 Å². The topological polar surface area (TPSA) is 101 Å². The second kappa shape index (κ2) is 15.3. The maximum absolute atomic E-state index is 12.1. The quantitative estimate of drug-likeness (QED) is 0.103. The number of aliphatic hydroxyl groups excluding tert-OH is 1. The Morgan fingerprint density at radius 1 is 0.400 bits per heavy atom. The van der Waals surface area contributed by atoms with Gasteiger partial charge in [0.1, 0.15) is 23.0 Å². The number of benzene rings is 4. The molecule has 5 aromatic rings. The first-order valence-electron chi connectivity index (χ1n) is 19.4. The van der Waals surface area contributed by atoms with Crippen LogP contribution in [0.3, 0.4) is 0 Å². The van der Waals surface area contributed by atoms with Crippen LogP contribution >= 0.6 is 11.3 Å². The predicted molar refractivity (Wildman–Crippen MR) is 229 cm³/mol. The molecule has 5 nitrogen and oxygen atoms in total. The zero-order valence-electron chi connectivity index (χ0n) is 35.0. The molecule has 0 unspecified atom stereocenters. The molecule has 0 radical (unpaired) electrons. The fourth-order valence-electron chi connectivity index (χ4n) is 7.05. The Labute approximate surface area is 333 Å². The molecule has 0 bridgehead atoms. The summed E-state index contributed by atoms with van der Waals surface area (Å²) in [5, 5.41) is 59.2. The van der Waals surface area contributed by atoms with E-state index in [4.69, 9.17) is 0 Å². The average molecular weight is 763 g/mol. The lowest BCUT2D eigenvalue weighted by Crippen LogP contribution is -2.15. The third-order valence-electron chi connectivity index (χ3n) is 10.8. The number of aliphatic hydroxyl groups is 1. The monoisotopic (exact) mass is 762 g/mol. The molecule has 0 fully saturated rings. The Morgan fingerprint density at radius 3 is 0.891 bits per heavy atom. The molecule has 55 heavy (non-hydrogen) atoms. The maximum atomic E-state index is 12.1. The largest absolute Gasteiger partial charge is 0.507 e. The van der Waals surface area contributed by atoms with Crippen LogP contribution < -0.4 is 0 Å². The fraction of sp³-hybridized carbons (Fsp3) is 0.429. The number of aromatic hydroxyl groups is 4. The van der Waals surface area contributed by atoms with Gasteiger partial charge >= 0.3 is 0 Å². The van der Waals surface area contributed by atoms with E-state index in [2.05, 4.69) is 113 Å². The van der Waals surface area contributed by atoms with Crippen LogP contribution in [0.4, 0.5) is 0 Å². The van der Waals surface area contributed by atoms with E-state index in [0.717, 1.165) is 38.9 Å². The highest BCUT2D eigenvalue weighted by molar-refractivity contribution is 7.09. The molecule has 0 aliphatic carbocycles. The Kier molecular flexibility index (Phi) is 11.7. The smallest absolute Gasteiger partial charge is 0.124 e. The van der Waals surface area contributed by atoms with Gasteiger partial charge < -0.3 is 25.5 Å². The molecule has 4 aromatic carbocycles. The molecular weight excluding hydrogens is 701 g/mol. The zero-order chi connectivity index (χ0) is 40.8. The predicted octanol–water partition coefficient (Wildman–Crippen LogP) is 11.6. The minimum absolute atomic E-state index is 0.0371. The summed E-state index contributed by atoms with van der Waals surface area (Å²) >= 11 is 1.67. The third-order valence-corrected chi connectivity index (χ3v) is 11.7. The van der Waals surface area contributed by atoms with Gasteiger partial charge in [0.15, 0.2) is 0 Å². The van der Waals surface area contributed by atoms with Crippen molar-refractivity contribution in [3.63, 3.8) is 0 Å². The van der Waals surface area contributed by atoms with Crippen LogP contribution in [-0.4, -0.2) is 25.5 Å². The molecule has 5 N–H and O–H groups in total. The summed E-state index contributed by atoms with van der Waals surface area (Å²) in [4.78, 5) is 1.18. The Hall–Kier alpha value is -4.26. The van der Waals surface area contributed by atoms with Crippen LogP contribution in [0.5, 0.6) is 23.0 Å². The molecular formula is C49H62O5S. The van der Waals surface area contributed by atoms with Gasteiger partial charge in [0.2, 0.25) is 0 Å². The molecule has 0 amide bonds. The highest BCUT2D eigenvalue weighted by atomic mass is 32.1. The third kappa shape index (κ3) is 9.59. The standard InChI is InChI=1S/C49H62O5S/c1-46(2,3)37-19-29(42(51)31(21-37)17-33-23-39(48(7,8)9)25-35(44(33)53)27-41-14-13-15-55-41)16-30-20-38(47(4,5)6)22-32(43(30)52)18-34-24-40(49(10,11)12)26-36(28-50)45(34)54/h13-15,19-26,50-54H,16-18,27-28H2,1-12H3. The van der Waals surface area contributed by atoms with Crippen LogP contribution in [0, 0.1) is 0 Å². The normalized spacial score (nSPS) is 12.7. The van der Waals surface area contributed by atoms with Crippen molar-refractivity contribution in [1.29, 1.82) is 0 Å². The fourth-order valence-corrected chi connectivity index (χ4v) is 7.78. The number of phenols is 4. The summed E-state index contributed by atoms with van der Waals surface area (Å²) in [7, 11) is 0. The van der Waals surface area contributed by atoms with Gasteiger partial charge in [0.05, 0.1) is 6.61 Å². The first kappa shape index (κ1) is 41.9. The molecule has 0 spiro atoms. The Bertz CT molecular complexity index is 2160. The van der Waals surface area contributed by atoms with Crippen LogP contribution in [0.2, 0.25) is 0 Å². The molecule has 0 aliphatic heterocycles. The summed E-state index contributed by atoms with van der Waals surface area (Å²) in [6, 6.07) is 20.3. The lowest BCUT2D eigenvalue weighted by molar-refractivity contribution is 0.275. The van der Waals surface area contributed by atoms with E-state index in [1.807, 2.05) is 36.4 Å². The highest BCUT2D eigenvalue weighted by Crippen LogP contribution is 2.41. The number of rotatable bonds is 9. The van der Waals surface area contributed by atoms with E-state index >= 15 is 0 Å². The summed E-state index contributed by atoms with van der Waals surface area (Å²) in [6.07, 6.45) is 1.51. The van der Waals surface area contributed by atoms with Crippen molar-refractivity contribution in [3.05, 3.63) is 138 Å². The molecule has 0 saturated carbocycles. The summed E-state index contributed by atoms with van der Waals surface area (Å²) < 4.78 is 0. The zero-order valence-corrected chi connectivity index (χ0v) is 35.8. The van der Waals surface area contributed by atoms with Gasteiger partial charge in [-0.2, -0.15) is 0 Å². The van der Waals surface area contributed by atoms with Gasteiger partial charge in [0.25, 0.3) is 0 Å². The van der Waals surface area contributed by atoms with Crippen molar-refractivity contribution in [2.75, 3.05) is 0 Å². The number of hydrogen-bond acceptors (Lipinski definition) is 6. The van der Waals surface area contributed by atoms with Crippen LogP contribution in [-0.2, 0) is 54.0 Å². The molecule has 0 aliphatic rings. The van der Waals surface area contributed by atoms with Crippen molar-refractivity contribution in [2.45, 2.75) is 137 Å². The molecule has 0 atom stereocenters. The summed E-state index contributed by atoms with van der Waals surface area (Å²) in [6.45, 7) is 25.4. The molecule has 1 heterocycles. The summed E-state index contributed by atoms with van der Waals surface area (Å²) in [5.74, 6) is 0.565. The van der Waals surface area contributed by atoms with Gasteiger partial charge in [-0.1, -0.05) is 132 Å². The minimum Gasteiger partial charge on any atom is -0.507 e. The van der Waals surface area contributed by atoms with Gasteiger partial charge in [-0.15, -0.1) is 11.3 Å². The van der Waals surface area contributed by atoms with Gasteiger partial charge in [-0.25, -0.2) is 0 Å². The van der Waals surface area contributed by atoms with E-state index in [-0.39, 0.29) is 64.1 Å². The second-order valence-electron chi connectivity index (χ2n) is 19.5. The number of thiophene rings is 1. The van der Waals surface area contributed by atoms with Gasteiger partial charge in [0, 0.05) is 36.1 Å². The highest BCUT2D eigenvalue weighted by Gasteiger charge is 2.26. The van der Waals surface area contributed by atoms with E-state index in [1.54, 1.807) is 11.3 Å². The van der Waals surface area contributed by atoms with Crippen molar-refractivity contribution >= 4 is 11.3 Å². The van der Waals surface area contributed by atoms with E-state index in [9.17, 15) is 25.5 Å². The van der Waals surface area contributed by atoms with Crippen molar-refractivity contribution < 1.29 is 25.5 Å². The van der Waals surface area contributed by atoms with Crippen LogP contribution in [0.1, 0.15) is 155 Å². The van der Waals surface area contributed by atoms with Crippen molar-refractivity contribution in [3.8, 4) is 23.0 Å². The van der Waals surface area contributed by atoms with E-state index < -0.39 is 0 Å². The van der Waals surface area contributed by atoms with E-state index in [0.29, 0.717) is 40.7 Å². The Balaban J connectivity index is 1.64. The molecule has 5 rings (SSSR count). The number of phenolic OH excluding ortho intramolecular Hbond substituents is 3. The van der Waals surface area contributed by atoms with Crippen LogP contribution in [0.15, 0.2) is 66.0 Å². The SMILES string of the molecule is CC(C)(C)c1cc(CO)c(O)c(Cc2cc(C(C)(C)C)cc(Cc3cc(C(C)(C)C)cc(Cc4cc(C(C)(C)C)cc(Cc5cccs5)c4O)c3O)c2O)c1. The first-order chi connectivity index (χ1) is 25.4. The van der Waals surface area contributed by atoms with Crippen molar-refractivity contribution in [2.24, 2.45) is 0 Å². The lowest BCUT2D eigenvalue weighted by Gasteiger charge is -2.26. The number of hydrogen-bond donors (Lipinski definition) is 5. The van der Waals surface area contributed by atoms with Crippen molar-refractivity contribution in [1.82, 2.24) is 0 Å². The minimum atomic E-state index is -0.290. The van der Waals surface area contributed by atoms with Gasteiger partial charge in [-0.3, -0.25) is 0 Å². The molecule has 1 aromatic heterocycles. The van der Waals surface area contributed by atoms with Crippen LogP contribution in [0.25, 0.3) is 0 Å². The maximum Gasteiger partial charge on any atom is 0.124 e. The molecule has 0 saturated heterocycles. The second-order valence-corrected chi connectivity index (χ2v) is 20.5. The van der Waals surface area contributed by atoms with Gasteiger partial charge in [-0.05, 0) is 100 Å². The summed E-state index contributed by atoms with van der Waals surface area (Å²) in [5.41, 5.74) is 8.85. The Morgan fingerprint density at radius 2 is 0.655 bits per heavy atom. The lowest BCUT2D eigenvalue weighted by atomic mass is 9.80. The molecule has 6 heteroatoms. The first-order valence-corrected chi connectivity index (χ1v) is 20.3. The average Bonchev–Trinajstić information content (AvgIpc) is 3.58. The molecule has 294 valence electrons.